The zero-order valence-electron chi connectivity index (χ0n) is 34.5. The summed E-state index contributed by atoms with van der Waals surface area (Å²) < 4.78 is 57.9. The van der Waals surface area contributed by atoms with Crippen LogP contribution in [0.25, 0.3) is 43.9 Å². The van der Waals surface area contributed by atoms with E-state index in [2.05, 4.69) is 44.8 Å². The van der Waals surface area contributed by atoms with E-state index in [0.717, 1.165) is 50.5 Å². The Labute approximate surface area is 352 Å². The summed E-state index contributed by atoms with van der Waals surface area (Å²) in [7, 11) is 3.00. The number of rotatable bonds is 11. The highest BCUT2D eigenvalue weighted by molar-refractivity contribution is 5.88. The van der Waals surface area contributed by atoms with Crippen LogP contribution in [0.3, 0.4) is 0 Å². The third kappa shape index (κ3) is 8.60. The molecule has 0 aliphatic carbocycles. The molecular weight excluding hydrogens is 807 g/mol. The summed E-state index contributed by atoms with van der Waals surface area (Å²) in [5.74, 6) is 0.488. The first-order chi connectivity index (χ1) is 30.0. The van der Waals surface area contributed by atoms with Crippen LogP contribution in [0, 0.1) is 25.5 Å². The minimum atomic E-state index is -0.543. The molecule has 0 bridgehead atoms. The van der Waals surface area contributed by atoms with Gasteiger partial charge in [-0.2, -0.15) is 0 Å². The lowest BCUT2D eigenvalue weighted by Crippen LogP contribution is -2.48. The number of ether oxygens (including phenoxy) is 5. The van der Waals surface area contributed by atoms with Crippen molar-refractivity contribution in [2.45, 2.75) is 27.2 Å². The summed E-state index contributed by atoms with van der Waals surface area (Å²) in [4.78, 5) is 46.8. The number of aryl methyl sites for hydroxylation is 2. The third-order valence-electron chi connectivity index (χ3n) is 10.3. The van der Waals surface area contributed by atoms with Crippen molar-refractivity contribution in [3.63, 3.8) is 0 Å². The van der Waals surface area contributed by atoms with E-state index in [1.165, 1.54) is 38.2 Å². The molecule has 62 heavy (non-hydrogen) atoms. The van der Waals surface area contributed by atoms with Crippen LogP contribution in [0.5, 0.6) is 46.3 Å². The number of pyridine rings is 2. The number of aromatic hydroxyl groups is 1. The first kappa shape index (κ1) is 41.3. The molecular formula is C43H42F2N10O7. The predicted molar refractivity (Wildman–Crippen MR) is 224 cm³/mol. The number of halogens is 2. The highest BCUT2D eigenvalue weighted by Crippen LogP contribution is 2.38. The maximum absolute atomic E-state index is 15.1. The van der Waals surface area contributed by atoms with E-state index in [9.17, 15) is 14.3 Å². The second-order valence-electron chi connectivity index (χ2n) is 14.5. The van der Waals surface area contributed by atoms with Crippen LogP contribution in [0.4, 0.5) is 8.78 Å². The molecule has 6 aromatic heterocycles. The standard InChI is InChI=1S/C26H29FN6O4.C17H13FN4O3/c1-16-11-19-24(27)23(14-28-25(19)31-16)37-26-18-12-22(21(35-3)13-20(18)29-15-30-26)36-10-4-5-32-6-8-33(9-7-32)17(2)34;1-8-3-10-15(18)14(6-19-16(10)22-8)25-17-9-4-12(23)13(24-2)5-11(9)20-7-21-17/h11-15H,4-10H2,1-3H3,(H,28,31);3-7,23H,1-2H3,(H,19,22). The quantitative estimate of drug-likeness (QED) is 0.111. The molecule has 0 spiro atoms. The zero-order valence-corrected chi connectivity index (χ0v) is 34.5. The number of phenolic OH excluding ortho intramolecular Hbond substituents is 1. The van der Waals surface area contributed by atoms with E-state index < -0.39 is 11.6 Å². The van der Waals surface area contributed by atoms with Crippen LogP contribution in [0.15, 0.2) is 61.4 Å². The van der Waals surface area contributed by atoms with Crippen LogP contribution < -0.4 is 23.7 Å². The van der Waals surface area contributed by atoms with Crippen molar-refractivity contribution in [1.29, 1.82) is 0 Å². The van der Waals surface area contributed by atoms with Crippen LogP contribution in [-0.4, -0.2) is 114 Å². The average molecular weight is 849 g/mol. The maximum atomic E-state index is 15.1. The van der Waals surface area contributed by atoms with E-state index >= 15 is 4.39 Å². The molecule has 320 valence electrons. The molecule has 9 rings (SSSR count). The van der Waals surface area contributed by atoms with Gasteiger partial charge in [-0.25, -0.2) is 38.7 Å². The fraction of sp³-hybridized carbons (Fsp3) is 0.279. The van der Waals surface area contributed by atoms with Gasteiger partial charge in [0, 0.05) is 63.2 Å². The lowest BCUT2D eigenvalue weighted by atomic mass is 10.2. The zero-order chi connectivity index (χ0) is 43.5. The fourth-order valence-corrected chi connectivity index (χ4v) is 7.11. The van der Waals surface area contributed by atoms with Gasteiger partial charge in [-0.1, -0.05) is 0 Å². The molecule has 8 aromatic rings. The lowest BCUT2D eigenvalue weighted by molar-refractivity contribution is -0.130. The third-order valence-corrected chi connectivity index (χ3v) is 10.3. The molecule has 1 aliphatic rings. The van der Waals surface area contributed by atoms with Gasteiger partial charge < -0.3 is 43.7 Å². The largest absolute Gasteiger partial charge is 0.504 e. The van der Waals surface area contributed by atoms with Gasteiger partial charge in [-0.15, -0.1) is 0 Å². The Morgan fingerprint density at radius 1 is 0.677 bits per heavy atom. The Bertz CT molecular complexity index is 2940. The normalized spacial score (nSPS) is 13.0. The molecule has 3 N–H and O–H groups in total. The van der Waals surface area contributed by atoms with Crippen molar-refractivity contribution in [2.24, 2.45) is 0 Å². The van der Waals surface area contributed by atoms with Gasteiger partial charge in [0.2, 0.25) is 17.7 Å². The average Bonchev–Trinajstić information content (AvgIpc) is 3.86. The molecule has 0 radical (unpaired) electrons. The van der Waals surface area contributed by atoms with Crippen molar-refractivity contribution < 1.29 is 42.4 Å². The van der Waals surface area contributed by atoms with Crippen LogP contribution in [-0.2, 0) is 4.79 Å². The number of piperazine rings is 1. The minimum absolute atomic E-state index is 0.0327. The SMILES string of the molecule is COc1cc2ncnc(Oc3cnc4[nH]c(C)cc4c3F)c2cc1O.COc1cc2ncnc(Oc3cnc4[nH]c(C)cc4c3F)c2cc1OCCCN1CCN(C(C)=O)CC1. The number of hydrogen-bond donors (Lipinski definition) is 3. The monoisotopic (exact) mass is 848 g/mol. The van der Waals surface area contributed by atoms with Gasteiger partial charge in [-0.05, 0) is 44.5 Å². The molecule has 0 atom stereocenters. The summed E-state index contributed by atoms with van der Waals surface area (Å²) in [5.41, 5.74) is 3.56. The number of carbonyl (C=O) groups excluding carboxylic acids is 1. The molecule has 1 saturated heterocycles. The number of H-pyrrole nitrogens is 2. The van der Waals surface area contributed by atoms with Gasteiger partial charge in [0.1, 0.15) is 23.9 Å². The van der Waals surface area contributed by atoms with Crippen molar-refractivity contribution in [2.75, 3.05) is 53.6 Å². The fourth-order valence-electron chi connectivity index (χ4n) is 7.11. The Morgan fingerprint density at radius 2 is 1.21 bits per heavy atom. The number of benzene rings is 2. The number of phenols is 1. The van der Waals surface area contributed by atoms with E-state index in [0.29, 0.717) is 62.0 Å². The molecule has 0 unspecified atom stereocenters. The molecule has 1 amide bonds. The highest BCUT2D eigenvalue weighted by atomic mass is 19.1. The van der Waals surface area contributed by atoms with Gasteiger partial charge in [0.25, 0.3) is 0 Å². The number of fused-ring (bicyclic) bond motifs is 4. The molecule has 1 fully saturated rings. The molecule has 7 heterocycles. The Balaban J connectivity index is 0.000000184. The molecule has 1 aliphatic heterocycles. The molecule has 0 saturated carbocycles. The van der Waals surface area contributed by atoms with Gasteiger partial charge in [0.15, 0.2) is 46.1 Å². The predicted octanol–water partition coefficient (Wildman–Crippen LogP) is 7.15. The van der Waals surface area contributed by atoms with Crippen LogP contribution in [0.2, 0.25) is 0 Å². The second kappa shape index (κ2) is 17.7. The Hall–Kier alpha value is -7.41. The van der Waals surface area contributed by atoms with E-state index in [-0.39, 0.29) is 40.7 Å². The molecule has 2 aromatic carbocycles. The summed E-state index contributed by atoms with van der Waals surface area (Å²) in [5, 5.41) is 11.6. The second-order valence-corrected chi connectivity index (χ2v) is 14.5. The molecule has 19 heteroatoms. The number of hydrogen-bond acceptors (Lipinski definition) is 14. The molecule has 17 nitrogen and oxygen atoms in total. The maximum Gasteiger partial charge on any atom is 0.230 e. The van der Waals surface area contributed by atoms with Crippen LogP contribution >= 0.6 is 0 Å². The van der Waals surface area contributed by atoms with Crippen molar-refractivity contribution in [3.05, 3.63) is 84.5 Å². The number of aromatic nitrogens is 8. The number of nitrogens with zero attached hydrogens (tertiary/aromatic N) is 8. The number of amides is 1. The van der Waals surface area contributed by atoms with Gasteiger partial charge >= 0.3 is 0 Å². The number of nitrogens with one attached hydrogen (secondary N) is 2. The number of carbonyl (C=O) groups is 1. The highest BCUT2D eigenvalue weighted by Gasteiger charge is 2.20. The van der Waals surface area contributed by atoms with Gasteiger partial charge in [-0.3, -0.25) is 9.69 Å². The van der Waals surface area contributed by atoms with E-state index in [1.54, 1.807) is 44.4 Å². The van der Waals surface area contributed by atoms with E-state index in [1.807, 2.05) is 18.7 Å². The minimum Gasteiger partial charge on any atom is -0.504 e. The van der Waals surface area contributed by atoms with Crippen LogP contribution in [0.1, 0.15) is 24.7 Å². The van der Waals surface area contributed by atoms with Gasteiger partial charge in [0.05, 0.1) is 65.8 Å². The Morgan fingerprint density at radius 3 is 1.74 bits per heavy atom. The number of methoxy groups -OCH3 is 2. The smallest absolute Gasteiger partial charge is 0.230 e. The lowest BCUT2D eigenvalue weighted by Gasteiger charge is -2.34. The first-order valence-electron chi connectivity index (χ1n) is 19.6. The summed E-state index contributed by atoms with van der Waals surface area (Å²) in [6.45, 7) is 9.82. The Kier molecular flexibility index (Phi) is 11.8. The van der Waals surface area contributed by atoms with Crippen molar-refractivity contribution >= 4 is 49.8 Å². The summed E-state index contributed by atoms with van der Waals surface area (Å²) in [6, 6.07) is 9.79. The summed E-state index contributed by atoms with van der Waals surface area (Å²) in [6.07, 6.45) is 6.07. The van der Waals surface area contributed by atoms with Crippen molar-refractivity contribution in [3.8, 4) is 46.3 Å². The van der Waals surface area contributed by atoms with Crippen molar-refractivity contribution in [1.82, 2.24) is 49.7 Å². The van der Waals surface area contributed by atoms with E-state index in [4.69, 9.17) is 23.7 Å². The summed E-state index contributed by atoms with van der Waals surface area (Å²) >= 11 is 0. The topological polar surface area (TPSA) is 199 Å². The number of aromatic amines is 2. The first-order valence-corrected chi connectivity index (χ1v) is 19.6.